The highest BCUT2D eigenvalue weighted by Crippen LogP contribution is 2.30. The van der Waals surface area contributed by atoms with Gasteiger partial charge in [-0.3, -0.25) is 4.79 Å². The third-order valence-electron chi connectivity index (χ3n) is 3.89. The Labute approximate surface area is 149 Å². The van der Waals surface area contributed by atoms with Crippen molar-refractivity contribution in [3.05, 3.63) is 72.8 Å². The van der Waals surface area contributed by atoms with Crippen LogP contribution < -0.4 is 14.9 Å². The molecule has 4 rings (SSSR count). The van der Waals surface area contributed by atoms with Crippen molar-refractivity contribution >= 4 is 12.1 Å². The first-order valence-electron chi connectivity index (χ1n) is 8.09. The molecule has 3 aromatic rings. The van der Waals surface area contributed by atoms with E-state index in [0.29, 0.717) is 11.5 Å². The highest BCUT2D eigenvalue weighted by molar-refractivity contribution is 5.85. The van der Waals surface area contributed by atoms with E-state index in [1.807, 2.05) is 47.2 Å². The van der Waals surface area contributed by atoms with E-state index in [1.165, 1.54) is 0 Å². The quantitative estimate of drug-likeness (QED) is 0.579. The lowest BCUT2D eigenvalue weighted by Crippen LogP contribution is -2.42. The maximum Gasteiger partial charge on any atom is 0.284 e. The van der Waals surface area contributed by atoms with E-state index in [-0.39, 0.29) is 12.5 Å². The smallest absolute Gasteiger partial charge is 0.284 e. The van der Waals surface area contributed by atoms with Crippen LogP contribution in [0.3, 0.4) is 0 Å². The molecule has 0 fully saturated rings. The summed E-state index contributed by atoms with van der Waals surface area (Å²) in [5.74, 6) is 0.835. The molecule has 7 heteroatoms. The lowest BCUT2D eigenvalue weighted by atomic mass is 10.2. The van der Waals surface area contributed by atoms with E-state index in [0.717, 1.165) is 11.3 Å². The van der Waals surface area contributed by atoms with Gasteiger partial charge in [0, 0.05) is 18.1 Å². The molecule has 1 aromatic heterocycles. The number of rotatable bonds is 4. The molecule has 1 amide bonds. The number of nitrogens with one attached hydrogen (secondary N) is 1. The Hall–Kier alpha value is -3.61. The van der Waals surface area contributed by atoms with Crippen LogP contribution in [0, 0.1) is 0 Å². The molecule has 1 aliphatic rings. The molecule has 1 N–H and O–H groups in total. The van der Waals surface area contributed by atoms with Crippen LogP contribution in [-0.4, -0.2) is 34.4 Å². The van der Waals surface area contributed by atoms with E-state index >= 15 is 0 Å². The number of carbonyl (C=O) groups is 1. The summed E-state index contributed by atoms with van der Waals surface area (Å²) in [6.07, 6.45) is 6.17. The Bertz CT molecular complexity index is 920. The molecule has 2 aromatic carbocycles. The topological polar surface area (TPSA) is 77.7 Å². The fourth-order valence-electron chi connectivity index (χ4n) is 2.54. The maximum absolute atomic E-state index is 12.2. The van der Waals surface area contributed by atoms with Gasteiger partial charge in [-0.25, -0.2) is 10.4 Å². The van der Waals surface area contributed by atoms with E-state index in [1.54, 1.807) is 30.9 Å². The molecule has 0 aliphatic carbocycles. The largest absolute Gasteiger partial charge is 0.485 e. The van der Waals surface area contributed by atoms with Crippen molar-refractivity contribution < 1.29 is 14.3 Å². The Kier molecular flexibility index (Phi) is 4.34. The van der Waals surface area contributed by atoms with Gasteiger partial charge in [0.2, 0.25) is 6.10 Å². The fraction of sp³-hybridized carbons (Fsp3) is 0.105. The average Bonchev–Trinajstić information content (AvgIpc) is 3.23. The van der Waals surface area contributed by atoms with Gasteiger partial charge in [-0.05, 0) is 29.8 Å². The number of aromatic nitrogens is 2. The first kappa shape index (κ1) is 15.9. The molecule has 130 valence electrons. The third-order valence-corrected chi connectivity index (χ3v) is 3.89. The summed E-state index contributed by atoms with van der Waals surface area (Å²) in [6.45, 7) is 0.151. The Morgan fingerprint density at radius 2 is 2.00 bits per heavy atom. The molecule has 0 spiro atoms. The molecule has 1 atom stereocenters. The molecular weight excluding hydrogens is 332 g/mol. The minimum atomic E-state index is -0.731. The first-order valence-corrected chi connectivity index (χ1v) is 8.09. The van der Waals surface area contributed by atoms with Gasteiger partial charge >= 0.3 is 0 Å². The predicted molar refractivity (Wildman–Crippen MR) is 95.7 cm³/mol. The van der Waals surface area contributed by atoms with Crippen molar-refractivity contribution in [3.63, 3.8) is 0 Å². The number of benzene rings is 2. The zero-order chi connectivity index (χ0) is 17.8. The van der Waals surface area contributed by atoms with Gasteiger partial charge in [0.05, 0.1) is 12.5 Å². The van der Waals surface area contributed by atoms with Crippen LogP contribution in [0.25, 0.3) is 5.69 Å². The maximum atomic E-state index is 12.2. The molecule has 1 aliphatic heterocycles. The Balaban J connectivity index is 1.34. The van der Waals surface area contributed by atoms with Crippen LogP contribution in [0.5, 0.6) is 11.5 Å². The number of fused-ring (bicyclic) bond motifs is 1. The molecule has 0 saturated heterocycles. The summed E-state index contributed by atoms with van der Waals surface area (Å²) in [4.78, 5) is 16.2. The number of amides is 1. The van der Waals surface area contributed by atoms with Gasteiger partial charge in [-0.2, -0.15) is 5.10 Å². The molecule has 0 bridgehead atoms. The predicted octanol–water partition coefficient (Wildman–Crippen LogP) is 2.16. The number of imidazole rings is 1. The van der Waals surface area contributed by atoms with Crippen LogP contribution in [-0.2, 0) is 4.79 Å². The number of hydrazone groups is 1. The second-order valence-corrected chi connectivity index (χ2v) is 5.66. The number of para-hydroxylation sites is 2. The lowest BCUT2D eigenvalue weighted by Gasteiger charge is -2.24. The number of hydrogen-bond acceptors (Lipinski definition) is 5. The molecule has 2 heterocycles. The van der Waals surface area contributed by atoms with E-state index in [4.69, 9.17) is 9.47 Å². The van der Waals surface area contributed by atoms with E-state index < -0.39 is 6.10 Å². The van der Waals surface area contributed by atoms with Gasteiger partial charge in [0.25, 0.3) is 5.91 Å². The molecule has 0 radical (unpaired) electrons. The zero-order valence-electron chi connectivity index (χ0n) is 13.8. The average molecular weight is 348 g/mol. The number of carbonyl (C=O) groups excluding carboxylic acids is 1. The van der Waals surface area contributed by atoms with Crippen molar-refractivity contribution in [1.29, 1.82) is 0 Å². The molecule has 7 nitrogen and oxygen atoms in total. The molecule has 26 heavy (non-hydrogen) atoms. The highest BCUT2D eigenvalue weighted by atomic mass is 16.6. The number of hydrogen-bond donors (Lipinski definition) is 1. The van der Waals surface area contributed by atoms with Gasteiger partial charge in [0.15, 0.2) is 11.5 Å². The summed E-state index contributed by atoms with van der Waals surface area (Å²) < 4.78 is 13.1. The summed E-state index contributed by atoms with van der Waals surface area (Å²) in [6, 6.07) is 14.9. The normalized spacial score (nSPS) is 15.8. The minimum Gasteiger partial charge on any atom is -0.485 e. The van der Waals surface area contributed by atoms with Crippen LogP contribution in [0.4, 0.5) is 0 Å². The second kappa shape index (κ2) is 7.10. The monoisotopic (exact) mass is 348 g/mol. The lowest BCUT2D eigenvalue weighted by molar-refractivity contribution is -0.130. The van der Waals surface area contributed by atoms with Gasteiger partial charge < -0.3 is 14.0 Å². The first-order chi connectivity index (χ1) is 12.8. The summed E-state index contributed by atoms with van der Waals surface area (Å²) in [5, 5.41) is 3.99. The standard InChI is InChI=1S/C19H16N4O3/c24-19(18-12-25-16-3-1-2-4-17(16)26-18)22-21-11-14-5-7-15(8-6-14)23-10-9-20-13-23/h1-11,13,18H,12H2,(H,22,24)/b21-11+. The Morgan fingerprint density at radius 1 is 1.19 bits per heavy atom. The van der Waals surface area contributed by atoms with Crippen molar-refractivity contribution in [2.45, 2.75) is 6.10 Å². The van der Waals surface area contributed by atoms with Gasteiger partial charge in [-0.1, -0.05) is 24.3 Å². The van der Waals surface area contributed by atoms with Crippen LogP contribution in [0.2, 0.25) is 0 Å². The Morgan fingerprint density at radius 3 is 2.77 bits per heavy atom. The minimum absolute atomic E-state index is 0.151. The number of nitrogens with zero attached hydrogens (tertiary/aromatic N) is 3. The summed E-state index contributed by atoms with van der Waals surface area (Å²) >= 11 is 0. The summed E-state index contributed by atoms with van der Waals surface area (Å²) in [5.41, 5.74) is 4.34. The van der Waals surface area contributed by atoms with Gasteiger partial charge in [0.1, 0.15) is 6.61 Å². The summed E-state index contributed by atoms with van der Waals surface area (Å²) in [7, 11) is 0. The molecular formula is C19H16N4O3. The van der Waals surface area contributed by atoms with E-state index in [9.17, 15) is 4.79 Å². The van der Waals surface area contributed by atoms with Gasteiger partial charge in [-0.15, -0.1) is 0 Å². The molecule has 1 unspecified atom stereocenters. The molecule has 0 saturated carbocycles. The third kappa shape index (κ3) is 3.41. The van der Waals surface area contributed by atoms with Crippen LogP contribution in [0.1, 0.15) is 5.56 Å². The van der Waals surface area contributed by atoms with Crippen molar-refractivity contribution in [3.8, 4) is 17.2 Å². The fourth-order valence-corrected chi connectivity index (χ4v) is 2.54. The van der Waals surface area contributed by atoms with E-state index in [2.05, 4.69) is 15.5 Å². The highest BCUT2D eigenvalue weighted by Gasteiger charge is 2.26. The zero-order valence-corrected chi connectivity index (χ0v) is 13.8. The van der Waals surface area contributed by atoms with Crippen LogP contribution in [0.15, 0.2) is 72.4 Å². The second-order valence-electron chi connectivity index (χ2n) is 5.66. The van der Waals surface area contributed by atoms with Crippen LogP contribution >= 0.6 is 0 Å². The van der Waals surface area contributed by atoms with Crippen molar-refractivity contribution in [1.82, 2.24) is 15.0 Å². The van der Waals surface area contributed by atoms with Crippen molar-refractivity contribution in [2.24, 2.45) is 5.10 Å². The van der Waals surface area contributed by atoms with Crippen molar-refractivity contribution in [2.75, 3.05) is 6.61 Å². The SMILES string of the molecule is O=C(N/N=C/c1ccc(-n2ccnc2)cc1)C1COc2ccccc2O1. The number of ether oxygens (including phenoxy) is 2.